The number of ether oxygens (including phenoxy) is 1. The highest BCUT2D eigenvalue weighted by Gasteiger charge is 2.15. The lowest BCUT2D eigenvalue weighted by molar-refractivity contribution is -0.127. The highest BCUT2D eigenvalue weighted by molar-refractivity contribution is 9.10. The number of phenolic OH excluding ortho intramolecular Hbond substituents is 1. The van der Waals surface area contributed by atoms with E-state index in [9.17, 15) is 9.90 Å². The number of aryl methyl sites for hydroxylation is 1. The predicted octanol–water partition coefficient (Wildman–Crippen LogP) is 4.03. The maximum atomic E-state index is 12.0. The van der Waals surface area contributed by atoms with Crippen LogP contribution in [0.3, 0.4) is 0 Å². The van der Waals surface area contributed by atoms with Crippen molar-refractivity contribution in [3.63, 3.8) is 0 Å². The van der Waals surface area contributed by atoms with E-state index in [-0.39, 0.29) is 5.75 Å². The van der Waals surface area contributed by atoms with E-state index in [4.69, 9.17) is 16.3 Å². The number of hydrogen-bond donors (Lipinski definition) is 2. The van der Waals surface area contributed by atoms with Gasteiger partial charge in [0.15, 0.2) is 6.10 Å². The molecule has 0 fully saturated rings. The lowest BCUT2D eigenvalue weighted by Gasteiger charge is -2.14. The summed E-state index contributed by atoms with van der Waals surface area (Å²) in [6, 6.07) is 10.1. The molecule has 24 heavy (non-hydrogen) atoms. The molecule has 0 bridgehead atoms. The van der Waals surface area contributed by atoms with Crippen LogP contribution in [0.1, 0.15) is 18.1 Å². The Kier molecular flexibility index (Phi) is 6.23. The molecular weight excluding hydrogens is 396 g/mol. The summed E-state index contributed by atoms with van der Waals surface area (Å²) < 4.78 is 6.40. The van der Waals surface area contributed by atoms with Crippen LogP contribution < -0.4 is 10.2 Å². The molecule has 0 unspecified atom stereocenters. The Labute approximate surface area is 153 Å². The Hall–Kier alpha value is -2.05. The first-order valence-corrected chi connectivity index (χ1v) is 8.28. The van der Waals surface area contributed by atoms with Gasteiger partial charge in [0.1, 0.15) is 11.5 Å². The average molecular weight is 412 g/mol. The van der Waals surface area contributed by atoms with Gasteiger partial charge in [0, 0.05) is 15.1 Å². The van der Waals surface area contributed by atoms with E-state index < -0.39 is 12.0 Å². The molecular formula is C17H16BrClN2O3. The van der Waals surface area contributed by atoms with Gasteiger partial charge < -0.3 is 9.84 Å². The minimum absolute atomic E-state index is 0.0669. The fourth-order valence-corrected chi connectivity index (χ4v) is 2.48. The number of carbonyl (C=O) groups is 1. The second kappa shape index (κ2) is 8.17. The van der Waals surface area contributed by atoms with Crippen LogP contribution in [-0.2, 0) is 4.79 Å². The molecule has 0 aromatic heterocycles. The number of nitrogens with one attached hydrogen (secondary N) is 1. The van der Waals surface area contributed by atoms with E-state index in [0.717, 1.165) is 10.0 Å². The van der Waals surface area contributed by atoms with Crippen LogP contribution in [0.2, 0.25) is 5.02 Å². The fraction of sp³-hybridized carbons (Fsp3) is 0.176. The van der Waals surface area contributed by atoms with Gasteiger partial charge in [0.2, 0.25) is 0 Å². The molecule has 7 heteroatoms. The molecule has 1 atom stereocenters. The third kappa shape index (κ3) is 4.97. The van der Waals surface area contributed by atoms with Crippen LogP contribution in [0, 0.1) is 6.92 Å². The average Bonchev–Trinajstić information content (AvgIpc) is 2.53. The van der Waals surface area contributed by atoms with Gasteiger partial charge >= 0.3 is 0 Å². The van der Waals surface area contributed by atoms with Crippen molar-refractivity contribution in [2.75, 3.05) is 0 Å². The normalized spacial score (nSPS) is 12.2. The molecule has 2 aromatic rings. The lowest BCUT2D eigenvalue weighted by Crippen LogP contribution is -2.33. The number of nitrogens with zero attached hydrogens (tertiary/aromatic N) is 1. The number of carbonyl (C=O) groups excluding carboxylic acids is 1. The van der Waals surface area contributed by atoms with Gasteiger partial charge in [-0.1, -0.05) is 27.5 Å². The number of halogens is 2. The number of phenols is 1. The molecule has 1 amide bonds. The minimum atomic E-state index is -0.738. The smallest absolute Gasteiger partial charge is 0.280 e. The minimum Gasteiger partial charge on any atom is -0.507 e. The Bertz CT molecular complexity index is 780. The number of hydrogen-bond acceptors (Lipinski definition) is 4. The van der Waals surface area contributed by atoms with Crippen LogP contribution in [0.25, 0.3) is 0 Å². The standard InChI is InChI=1S/C17H16BrClN2O3/c1-10-7-14(19)4-6-16(10)24-11(2)17(23)21-20-9-12-8-13(18)3-5-15(12)22/h3-9,11,22H,1-2H3,(H,21,23)/b20-9-/t11-/m0/s1. The maximum Gasteiger partial charge on any atom is 0.280 e. The maximum absolute atomic E-state index is 12.0. The highest BCUT2D eigenvalue weighted by atomic mass is 79.9. The summed E-state index contributed by atoms with van der Waals surface area (Å²) in [5.74, 6) is 0.239. The zero-order valence-electron chi connectivity index (χ0n) is 13.1. The van der Waals surface area contributed by atoms with Crippen LogP contribution in [0.5, 0.6) is 11.5 Å². The first-order chi connectivity index (χ1) is 11.4. The fourth-order valence-electron chi connectivity index (χ4n) is 1.87. The molecule has 0 saturated heterocycles. The van der Waals surface area contributed by atoms with Gasteiger partial charge in [0.05, 0.1) is 6.21 Å². The summed E-state index contributed by atoms with van der Waals surface area (Å²) in [5, 5.41) is 14.1. The van der Waals surface area contributed by atoms with Gasteiger partial charge in [-0.05, 0) is 55.8 Å². The molecule has 5 nitrogen and oxygen atoms in total. The monoisotopic (exact) mass is 410 g/mol. The van der Waals surface area contributed by atoms with Gasteiger partial charge in [-0.15, -0.1) is 0 Å². The first-order valence-electron chi connectivity index (χ1n) is 7.11. The Morgan fingerprint density at radius 2 is 2.12 bits per heavy atom. The molecule has 0 spiro atoms. The van der Waals surface area contributed by atoms with Crippen molar-refractivity contribution in [1.29, 1.82) is 0 Å². The van der Waals surface area contributed by atoms with Crippen molar-refractivity contribution in [2.45, 2.75) is 20.0 Å². The highest BCUT2D eigenvalue weighted by Crippen LogP contribution is 2.23. The van der Waals surface area contributed by atoms with Gasteiger partial charge in [-0.3, -0.25) is 4.79 Å². The summed E-state index contributed by atoms with van der Waals surface area (Å²) >= 11 is 9.19. The molecule has 0 saturated carbocycles. The van der Waals surface area contributed by atoms with E-state index in [1.807, 2.05) is 6.92 Å². The van der Waals surface area contributed by atoms with E-state index in [1.165, 1.54) is 12.3 Å². The zero-order chi connectivity index (χ0) is 17.7. The Balaban J connectivity index is 1.96. The second-order valence-electron chi connectivity index (χ2n) is 5.11. The largest absolute Gasteiger partial charge is 0.507 e. The Morgan fingerprint density at radius 3 is 2.83 bits per heavy atom. The number of rotatable bonds is 5. The van der Waals surface area contributed by atoms with Gasteiger partial charge in [0.25, 0.3) is 5.91 Å². The molecule has 0 heterocycles. The number of aromatic hydroxyl groups is 1. The van der Waals surface area contributed by atoms with Crippen molar-refractivity contribution >= 4 is 39.7 Å². The summed E-state index contributed by atoms with van der Waals surface area (Å²) in [6.07, 6.45) is 0.622. The third-order valence-electron chi connectivity index (χ3n) is 3.18. The molecule has 0 aliphatic heterocycles. The summed E-state index contributed by atoms with van der Waals surface area (Å²) in [5.41, 5.74) is 3.70. The van der Waals surface area contributed by atoms with Gasteiger partial charge in [-0.2, -0.15) is 5.10 Å². The third-order valence-corrected chi connectivity index (χ3v) is 3.91. The second-order valence-corrected chi connectivity index (χ2v) is 6.46. The number of amides is 1. The van der Waals surface area contributed by atoms with Crippen molar-refractivity contribution in [3.05, 3.63) is 57.0 Å². The zero-order valence-corrected chi connectivity index (χ0v) is 15.4. The first kappa shape index (κ1) is 18.3. The van der Waals surface area contributed by atoms with E-state index in [2.05, 4.69) is 26.5 Å². The molecule has 0 aliphatic rings. The summed E-state index contributed by atoms with van der Waals surface area (Å²) in [4.78, 5) is 12.0. The van der Waals surface area contributed by atoms with E-state index in [0.29, 0.717) is 16.3 Å². The summed E-state index contributed by atoms with van der Waals surface area (Å²) in [6.45, 7) is 3.47. The number of benzene rings is 2. The SMILES string of the molecule is Cc1cc(Cl)ccc1O[C@@H](C)C(=O)N/N=C\c1cc(Br)ccc1O. The van der Waals surface area contributed by atoms with Crippen LogP contribution >= 0.6 is 27.5 Å². The topological polar surface area (TPSA) is 70.9 Å². The van der Waals surface area contributed by atoms with Crippen molar-refractivity contribution < 1.29 is 14.6 Å². The van der Waals surface area contributed by atoms with Crippen molar-refractivity contribution in [1.82, 2.24) is 5.43 Å². The van der Waals surface area contributed by atoms with E-state index in [1.54, 1.807) is 37.3 Å². The molecule has 2 aromatic carbocycles. The van der Waals surface area contributed by atoms with E-state index >= 15 is 0 Å². The Morgan fingerprint density at radius 1 is 1.38 bits per heavy atom. The molecule has 0 radical (unpaired) electrons. The van der Waals surface area contributed by atoms with Crippen molar-refractivity contribution in [3.8, 4) is 11.5 Å². The molecule has 2 rings (SSSR count). The summed E-state index contributed by atoms with van der Waals surface area (Å²) in [7, 11) is 0. The molecule has 0 aliphatic carbocycles. The molecule has 126 valence electrons. The van der Waals surface area contributed by atoms with Crippen molar-refractivity contribution in [2.24, 2.45) is 5.10 Å². The lowest BCUT2D eigenvalue weighted by atomic mass is 10.2. The molecule has 2 N–H and O–H groups in total. The van der Waals surface area contributed by atoms with Crippen LogP contribution in [0.4, 0.5) is 0 Å². The predicted molar refractivity (Wildman–Crippen MR) is 97.8 cm³/mol. The van der Waals surface area contributed by atoms with Gasteiger partial charge in [-0.25, -0.2) is 5.43 Å². The van der Waals surface area contributed by atoms with Crippen LogP contribution in [-0.4, -0.2) is 23.3 Å². The van der Waals surface area contributed by atoms with Crippen LogP contribution in [0.15, 0.2) is 46.0 Å². The quantitative estimate of drug-likeness (QED) is 0.576. The number of hydrazone groups is 1.